The van der Waals surface area contributed by atoms with E-state index in [0.29, 0.717) is 0 Å². The first-order valence-electron chi connectivity index (χ1n) is 2.31. The molecule has 0 heterocycles. The second kappa shape index (κ2) is 25.2. The Hall–Kier alpha value is -0.284. The number of carbonyl (C=O) groups is 1. The van der Waals surface area contributed by atoms with Crippen LogP contribution >= 0.6 is 0 Å². The molecule has 0 aromatic carbocycles. The number of carboxylic acid groups (broad SMARTS) is 1. The fraction of sp³-hybridized carbons (Fsp3) is 0.167. The van der Waals surface area contributed by atoms with E-state index in [1.807, 2.05) is 26.8 Å². The van der Waals surface area contributed by atoms with Gasteiger partial charge in [0.05, 0.1) is 5.97 Å². The molecule has 0 saturated heterocycles. The van der Waals surface area contributed by atoms with Gasteiger partial charge in [-0.3, -0.25) is 0 Å². The Kier molecular flexibility index (Phi) is 44.5. The molecule has 0 unspecified atom stereocenters. The third-order valence-electron chi connectivity index (χ3n) is 0.167. The van der Waals surface area contributed by atoms with Gasteiger partial charge in [-0.05, 0) is 6.08 Å². The molecule has 0 fully saturated rings. The van der Waals surface area contributed by atoms with Crippen molar-refractivity contribution in [3.8, 4) is 0 Å². The third-order valence-corrected chi connectivity index (χ3v) is 0.167. The summed E-state index contributed by atoms with van der Waals surface area (Å²) in [5, 5.41) is 11.2. The number of aliphatic carboxylic acids is 1. The third kappa shape index (κ3) is 85.6. The van der Waals surface area contributed by atoms with Gasteiger partial charge in [-0.25, -0.2) is 0 Å². The molecule has 0 aliphatic carbocycles. The van der Waals surface area contributed by atoms with Crippen LogP contribution in [-0.2, 0) is 4.79 Å². The zero-order chi connectivity index (χ0) is 8.28. The van der Waals surface area contributed by atoms with Gasteiger partial charge in [-0.2, -0.15) is 0 Å². The van der Waals surface area contributed by atoms with Crippen molar-refractivity contribution in [2.45, 2.75) is 5.05 Å². The van der Waals surface area contributed by atoms with Crippen molar-refractivity contribution in [1.29, 1.82) is 0 Å². The van der Waals surface area contributed by atoms with Crippen molar-refractivity contribution in [1.82, 2.24) is 0 Å². The first-order chi connectivity index (χ1) is 4.27. The molecule has 0 spiro atoms. The summed E-state index contributed by atoms with van der Waals surface area (Å²) in [6, 6.07) is 0. The molecule has 0 aromatic heterocycles. The van der Waals surface area contributed by atoms with Crippen LogP contribution in [-0.4, -0.2) is 27.7 Å². The van der Waals surface area contributed by atoms with Crippen molar-refractivity contribution in [3.05, 3.63) is 25.8 Å². The summed E-state index contributed by atoms with van der Waals surface area (Å²) in [7, 11) is 0. The molecule has 48 valence electrons. The van der Waals surface area contributed by atoms with Crippen molar-refractivity contribution in [3.63, 3.8) is 0 Å². The van der Waals surface area contributed by atoms with E-state index in [2.05, 4.69) is 19.7 Å². The fourth-order valence-corrected chi connectivity index (χ4v) is 0. The van der Waals surface area contributed by atoms with Crippen molar-refractivity contribution in [2.75, 3.05) is 0 Å². The van der Waals surface area contributed by atoms with Crippen molar-refractivity contribution in [2.24, 2.45) is 0 Å². The van der Waals surface area contributed by atoms with Gasteiger partial charge in [-0.1, -0.05) is 6.58 Å². The minimum atomic E-state index is -1.23. The number of carboxylic acids is 1. The number of carbonyl (C=O) groups excluding carboxylic acids is 1. The molecule has 0 N–H and O–H groups in total. The summed E-state index contributed by atoms with van der Waals surface area (Å²) < 4.78 is 0. The second-order valence-electron chi connectivity index (χ2n) is 0.523. The molecule has 0 amide bonds. The molecule has 0 rings (SSSR count). The van der Waals surface area contributed by atoms with Gasteiger partial charge in [0.1, 0.15) is 0 Å². The van der Waals surface area contributed by atoms with E-state index in [-0.39, 0.29) is 0 Å². The van der Waals surface area contributed by atoms with Crippen LogP contribution < -0.4 is 5.11 Å². The topological polar surface area (TPSA) is 40.1 Å². The maximum absolute atomic E-state index is 9.14. The SMILES string of the molecule is C=C.C=CC(=O)[O-].[CH3][Mg+]. The molecule has 0 aromatic rings. The molecule has 3 heteroatoms. The molecule has 0 radical (unpaired) electrons. The number of hydrogen-bond donors (Lipinski definition) is 0. The van der Waals surface area contributed by atoms with Gasteiger partial charge in [0.15, 0.2) is 0 Å². The first kappa shape index (κ1) is 15.9. The maximum atomic E-state index is 9.14. The van der Waals surface area contributed by atoms with E-state index in [1.54, 1.807) is 0 Å². The van der Waals surface area contributed by atoms with E-state index < -0.39 is 5.97 Å². The zero-order valence-corrected chi connectivity index (χ0v) is 7.14. The van der Waals surface area contributed by atoms with E-state index in [9.17, 15) is 0 Å². The number of rotatable bonds is 1. The summed E-state index contributed by atoms with van der Waals surface area (Å²) in [5.74, 6) is -1.23. The minimum absolute atomic E-state index is 0.722. The van der Waals surface area contributed by atoms with Gasteiger partial charge in [-0.15, -0.1) is 13.2 Å². The predicted molar refractivity (Wildman–Crippen MR) is 38.1 cm³/mol. The molecule has 0 saturated carbocycles. The molecule has 0 bridgehead atoms. The molecule has 0 atom stereocenters. The number of hydrogen-bond acceptors (Lipinski definition) is 2. The van der Waals surface area contributed by atoms with Crippen LogP contribution in [0.15, 0.2) is 25.8 Å². The quantitative estimate of drug-likeness (QED) is 0.289. The van der Waals surface area contributed by atoms with Crippen LogP contribution in [0.1, 0.15) is 0 Å². The Labute approximate surface area is 68.7 Å². The average Bonchev–Trinajstić information content (AvgIpc) is 1.97. The molecular weight excluding hydrogens is 128 g/mol. The fourth-order valence-electron chi connectivity index (χ4n) is 0. The Bertz CT molecular complexity index is 71.5. The normalized spacial score (nSPS) is 4.78. The van der Waals surface area contributed by atoms with Gasteiger partial charge in [0, 0.05) is 0 Å². The van der Waals surface area contributed by atoms with Crippen molar-refractivity contribution < 1.29 is 9.90 Å². The second-order valence-corrected chi connectivity index (χ2v) is 0.523. The molecule has 0 aliphatic heterocycles. The van der Waals surface area contributed by atoms with Gasteiger partial charge in [0.25, 0.3) is 0 Å². The van der Waals surface area contributed by atoms with Gasteiger partial charge < -0.3 is 9.90 Å². The van der Waals surface area contributed by atoms with Crippen LogP contribution in [0, 0.1) is 0 Å². The summed E-state index contributed by atoms with van der Waals surface area (Å²) in [6.07, 6.45) is 0.722. The summed E-state index contributed by atoms with van der Waals surface area (Å²) in [5.41, 5.74) is 0. The van der Waals surface area contributed by atoms with Crippen LogP contribution in [0.4, 0.5) is 0 Å². The Morgan fingerprint density at radius 2 is 1.67 bits per heavy atom. The zero-order valence-electron chi connectivity index (χ0n) is 5.72. The van der Waals surface area contributed by atoms with Gasteiger partial charge >= 0.3 is 26.8 Å². The summed E-state index contributed by atoms with van der Waals surface area (Å²) >= 11 is 1.86. The average molecular weight is 138 g/mol. The monoisotopic (exact) mass is 138 g/mol. The molecule has 9 heavy (non-hydrogen) atoms. The van der Waals surface area contributed by atoms with E-state index in [4.69, 9.17) is 9.90 Å². The van der Waals surface area contributed by atoms with E-state index in [0.717, 1.165) is 6.08 Å². The standard InChI is InChI=1S/C3H4O2.C2H4.CH3.Mg/c1-2-3(4)5;1-2;;/h2H,1H2,(H,4,5);1-2H2;1H3;/q;;;+1/p-1. The van der Waals surface area contributed by atoms with Gasteiger partial charge in [0.2, 0.25) is 0 Å². The Morgan fingerprint density at radius 1 is 1.56 bits per heavy atom. The van der Waals surface area contributed by atoms with E-state index in [1.165, 1.54) is 0 Å². The first-order valence-corrected chi connectivity index (χ1v) is 3.73. The Balaban J connectivity index is -0.0000000771. The molecule has 2 nitrogen and oxygen atoms in total. The van der Waals surface area contributed by atoms with Crippen LogP contribution in [0.3, 0.4) is 0 Å². The molecule has 0 aliphatic rings. The Morgan fingerprint density at radius 3 is 1.67 bits per heavy atom. The van der Waals surface area contributed by atoms with Crippen LogP contribution in [0.25, 0.3) is 0 Å². The van der Waals surface area contributed by atoms with E-state index >= 15 is 0 Å². The summed E-state index contributed by atoms with van der Waals surface area (Å²) in [4.78, 5) is 9.14. The summed E-state index contributed by atoms with van der Waals surface area (Å²) in [6.45, 7) is 8.90. The predicted octanol–water partition coefficient (Wildman–Crippen LogP) is -0.0725. The van der Waals surface area contributed by atoms with Crippen molar-refractivity contribution >= 4 is 27.7 Å². The van der Waals surface area contributed by atoms with Crippen LogP contribution in [0.2, 0.25) is 5.05 Å². The van der Waals surface area contributed by atoms with Crippen LogP contribution in [0.5, 0.6) is 0 Å². The molecular formula is C6H10MgO2.